The van der Waals surface area contributed by atoms with Gasteiger partial charge in [0.1, 0.15) is 11.6 Å². The van der Waals surface area contributed by atoms with E-state index in [4.69, 9.17) is 4.98 Å². The maximum atomic E-state index is 12.7. The zero-order chi connectivity index (χ0) is 19.8. The van der Waals surface area contributed by atoms with Gasteiger partial charge in [0.25, 0.3) is 5.91 Å². The van der Waals surface area contributed by atoms with Crippen molar-refractivity contribution >= 4 is 22.8 Å². The molecule has 2 aliphatic rings. The highest BCUT2D eigenvalue weighted by Crippen LogP contribution is 2.29. The number of benzene rings is 1. The number of aromatic amines is 1. The first-order valence-electron chi connectivity index (χ1n) is 10.5. The lowest BCUT2D eigenvalue weighted by Gasteiger charge is -2.35. The summed E-state index contributed by atoms with van der Waals surface area (Å²) in [6.45, 7) is 3.81. The Bertz CT molecular complexity index is 1050. The Labute approximate surface area is 170 Å². The van der Waals surface area contributed by atoms with Crippen LogP contribution in [-0.4, -0.2) is 45.0 Å². The van der Waals surface area contributed by atoms with Crippen LogP contribution in [0.2, 0.25) is 0 Å². The standard InChI is InChI=1S/C22H26N6O/c1-14-25-18-5-3-2-4-17(18)21(26-14)28-10-8-16(9-11-28)27-22(29)15-6-7-19-20(12-15)24-13-23-19/h6-7,12-13,16H,2-5,8-11H2,1H3,(H,23,24)(H,27,29). The van der Waals surface area contributed by atoms with Crippen molar-refractivity contribution < 1.29 is 4.79 Å². The first kappa shape index (κ1) is 18.1. The Morgan fingerprint density at radius 1 is 1.17 bits per heavy atom. The van der Waals surface area contributed by atoms with Gasteiger partial charge in [0.05, 0.1) is 17.4 Å². The van der Waals surface area contributed by atoms with Crippen LogP contribution >= 0.6 is 0 Å². The van der Waals surface area contributed by atoms with E-state index in [1.165, 1.54) is 24.1 Å². The van der Waals surface area contributed by atoms with Gasteiger partial charge < -0.3 is 15.2 Å². The van der Waals surface area contributed by atoms with Crippen LogP contribution in [0.5, 0.6) is 0 Å². The number of rotatable bonds is 3. The van der Waals surface area contributed by atoms with E-state index in [-0.39, 0.29) is 11.9 Å². The van der Waals surface area contributed by atoms with Crippen molar-refractivity contribution in [3.05, 3.63) is 47.2 Å². The highest BCUT2D eigenvalue weighted by Gasteiger charge is 2.26. The lowest BCUT2D eigenvalue weighted by atomic mass is 9.95. The molecule has 1 amide bonds. The molecule has 150 valence electrons. The number of piperidine rings is 1. The fraction of sp³-hybridized carbons (Fsp3) is 0.455. The van der Waals surface area contributed by atoms with Crippen LogP contribution in [0.4, 0.5) is 5.82 Å². The van der Waals surface area contributed by atoms with Crippen molar-refractivity contribution in [2.75, 3.05) is 18.0 Å². The fourth-order valence-corrected chi connectivity index (χ4v) is 4.54. The van der Waals surface area contributed by atoms with Gasteiger partial charge >= 0.3 is 0 Å². The molecule has 1 aromatic carbocycles. The number of amides is 1. The molecule has 3 heterocycles. The molecular formula is C22H26N6O. The predicted octanol–water partition coefficient (Wildman–Crippen LogP) is 2.94. The van der Waals surface area contributed by atoms with Crippen LogP contribution in [0, 0.1) is 6.92 Å². The van der Waals surface area contributed by atoms with Crippen LogP contribution in [0.15, 0.2) is 24.5 Å². The Morgan fingerprint density at radius 2 is 2.00 bits per heavy atom. The quantitative estimate of drug-likeness (QED) is 0.718. The predicted molar refractivity (Wildman–Crippen MR) is 112 cm³/mol. The van der Waals surface area contributed by atoms with Gasteiger partial charge in [0.2, 0.25) is 0 Å². The van der Waals surface area contributed by atoms with E-state index in [0.29, 0.717) is 5.56 Å². The minimum absolute atomic E-state index is 0.0183. The zero-order valence-corrected chi connectivity index (χ0v) is 16.7. The number of anilines is 1. The number of carbonyl (C=O) groups is 1. The minimum atomic E-state index is -0.0183. The summed E-state index contributed by atoms with van der Waals surface area (Å²) in [4.78, 5) is 31.8. The smallest absolute Gasteiger partial charge is 0.251 e. The monoisotopic (exact) mass is 390 g/mol. The largest absolute Gasteiger partial charge is 0.356 e. The van der Waals surface area contributed by atoms with Crippen molar-refractivity contribution in [3.63, 3.8) is 0 Å². The highest BCUT2D eigenvalue weighted by molar-refractivity contribution is 5.97. The number of hydrogen-bond donors (Lipinski definition) is 2. The van der Waals surface area contributed by atoms with Gasteiger partial charge in [-0.3, -0.25) is 4.79 Å². The van der Waals surface area contributed by atoms with E-state index < -0.39 is 0 Å². The first-order valence-corrected chi connectivity index (χ1v) is 10.5. The van der Waals surface area contributed by atoms with Crippen molar-refractivity contribution in [1.82, 2.24) is 25.3 Å². The molecule has 1 aliphatic carbocycles. The lowest BCUT2D eigenvalue weighted by molar-refractivity contribution is 0.0931. The summed E-state index contributed by atoms with van der Waals surface area (Å²) in [7, 11) is 0. The minimum Gasteiger partial charge on any atom is -0.356 e. The number of nitrogens with one attached hydrogen (secondary N) is 2. The highest BCUT2D eigenvalue weighted by atomic mass is 16.1. The third kappa shape index (κ3) is 3.57. The average Bonchev–Trinajstić information content (AvgIpc) is 3.21. The molecule has 0 unspecified atom stereocenters. The van der Waals surface area contributed by atoms with E-state index in [1.54, 1.807) is 6.33 Å². The number of nitrogens with zero attached hydrogens (tertiary/aromatic N) is 4. The normalized spacial score (nSPS) is 17.3. The Kier molecular flexibility index (Phi) is 4.66. The van der Waals surface area contributed by atoms with E-state index in [2.05, 4.69) is 25.2 Å². The number of hydrogen-bond acceptors (Lipinski definition) is 5. The maximum absolute atomic E-state index is 12.7. The summed E-state index contributed by atoms with van der Waals surface area (Å²) in [6.07, 6.45) is 8.10. The van der Waals surface area contributed by atoms with Gasteiger partial charge in [-0.25, -0.2) is 15.0 Å². The number of aryl methyl sites for hydroxylation is 2. The van der Waals surface area contributed by atoms with E-state index >= 15 is 0 Å². The van der Waals surface area contributed by atoms with Crippen LogP contribution in [-0.2, 0) is 12.8 Å². The molecule has 1 aliphatic heterocycles. The van der Waals surface area contributed by atoms with Gasteiger partial charge in [-0.15, -0.1) is 0 Å². The SMILES string of the molecule is Cc1nc2c(c(N3CCC(NC(=O)c4ccc5nc[nH]c5c4)CC3)n1)CCCC2. The number of H-pyrrole nitrogens is 1. The molecule has 1 fully saturated rings. The summed E-state index contributed by atoms with van der Waals surface area (Å²) in [5.41, 5.74) is 5.01. The third-order valence-corrected chi connectivity index (χ3v) is 6.09. The Hall–Kier alpha value is -2.96. The van der Waals surface area contributed by atoms with Crippen molar-refractivity contribution in [2.45, 2.75) is 51.5 Å². The zero-order valence-electron chi connectivity index (χ0n) is 16.7. The molecule has 0 saturated carbocycles. The molecule has 2 aromatic heterocycles. The van der Waals surface area contributed by atoms with Crippen molar-refractivity contribution in [2.24, 2.45) is 0 Å². The summed E-state index contributed by atoms with van der Waals surface area (Å²) in [5.74, 6) is 1.97. The van der Waals surface area contributed by atoms with Crippen LogP contribution in [0.3, 0.4) is 0 Å². The molecule has 0 spiro atoms. The molecule has 0 atom stereocenters. The number of fused-ring (bicyclic) bond motifs is 2. The molecule has 2 N–H and O–H groups in total. The second kappa shape index (κ2) is 7.46. The molecule has 29 heavy (non-hydrogen) atoms. The van der Waals surface area contributed by atoms with Crippen LogP contribution in [0.1, 0.15) is 53.1 Å². The van der Waals surface area contributed by atoms with Gasteiger partial charge in [0.15, 0.2) is 0 Å². The summed E-state index contributed by atoms with van der Waals surface area (Å²) in [5, 5.41) is 3.21. The fourth-order valence-electron chi connectivity index (χ4n) is 4.54. The van der Waals surface area contributed by atoms with Crippen LogP contribution in [0.25, 0.3) is 11.0 Å². The van der Waals surface area contributed by atoms with Gasteiger partial charge in [0, 0.05) is 36.0 Å². The molecule has 1 saturated heterocycles. The molecular weight excluding hydrogens is 364 g/mol. The second-order valence-corrected chi connectivity index (χ2v) is 8.10. The summed E-state index contributed by atoms with van der Waals surface area (Å²) in [6, 6.07) is 5.77. The van der Waals surface area contributed by atoms with E-state index in [0.717, 1.165) is 61.4 Å². The molecule has 7 heteroatoms. The first-order chi connectivity index (χ1) is 14.2. The average molecular weight is 390 g/mol. The topological polar surface area (TPSA) is 86.8 Å². The van der Waals surface area contributed by atoms with Gasteiger partial charge in [-0.2, -0.15) is 0 Å². The molecule has 5 rings (SSSR count). The number of imidazole rings is 1. The third-order valence-electron chi connectivity index (χ3n) is 6.09. The molecule has 0 bridgehead atoms. The summed E-state index contributed by atoms with van der Waals surface area (Å²) < 4.78 is 0. The lowest BCUT2D eigenvalue weighted by Crippen LogP contribution is -2.45. The number of carbonyl (C=O) groups excluding carboxylic acids is 1. The van der Waals surface area contributed by atoms with E-state index in [1.807, 2.05) is 25.1 Å². The molecule has 0 radical (unpaired) electrons. The maximum Gasteiger partial charge on any atom is 0.251 e. The van der Waals surface area contributed by atoms with E-state index in [9.17, 15) is 4.79 Å². The Morgan fingerprint density at radius 3 is 2.86 bits per heavy atom. The molecule has 7 nitrogen and oxygen atoms in total. The Balaban J connectivity index is 1.25. The molecule has 3 aromatic rings. The van der Waals surface area contributed by atoms with Crippen LogP contribution < -0.4 is 10.2 Å². The number of aromatic nitrogens is 4. The summed E-state index contributed by atoms with van der Waals surface area (Å²) >= 11 is 0. The van der Waals surface area contributed by atoms with Crippen molar-refractivity contribution in [1.29, 1.82) is 0 Å². The second-order valence-electron chi connectivity index (χ2n) is 8.10. The van der Waals surface area contributed by atoms with Crippen molar-refractivity contribution in [3.8, 4) is 0 Å². The van der Waals surface area contributed by atoms with Gasteiger partial charge in [-0.05, 0) is 63.6 Å². The van der Waals surface area contributed by atoms with Gasteiger partial charge in [-0.1, -0.05) is 0 Å².